The Bertz CT molecular complexity index is 2310. The number of rotatable bonds is 0. The number of nitrogens with zero attached hydrogens (tertiary/aromatic N) is 4. The monoisotopic (exact) mass is 454 g/mol. The molecule has 0 atom stereocenters. The standard InChI is InChI=1S/C32H14N4/c1-34-18-11-13-22-26(15-18)36-24-9-5-3-7-20(24)27-29-21-12-10-17(16-33)14-25(21)35-23-8-4-2-6-19(23)28(31(29)35)30(22)32(27)36/h2-15H. The van der Waals surface area contributed by atoms with Gasteiger partial charge < -0.3 is 8.80 Å². The van der Waals surface area contributed by atoms with Crippen LogP contribution in [0.4, 0.5) is 5.69 Å². The summed E-state index contributed by atoms with van der Waals surface area (Å²) in [5.41, 5.74) is 8.15. The summed E-state index contributed by atoms with van der Waals surface area (Å²) < 4.78 is 4.71. The summed E-state index contributed by atoms with van der Waals surface area (Å²) >= 11 is 0. The molecule has 4 heterocycles. The van der Waals surface area contributed by atoms with Gasteiger partial charge in [0, 0.05) is 48.6 Å². The maximum Gasteiger partial charge on any atom is 0.189 e. The molecule has 36 heavy (non-hydrogen) atoms. The van der Waals surface area contributed by atoms with Crippen molar-refractivity contribution >= 4 is 81.9 Å². The van der Waals surface area contributed by atoms with Crippen molar-refractivity contribution in [3.05, 3.63) is 102 Å². The Labute approximate surface area is 203 Å². The normalized spacial score (nSPS) is 12.4. The minimum Gasteiger partial charge on any atom is -0.309 e. The summed E-state index contributed by atoms with van der Waals surface area (Å²) in [7, 11) is 0. The van der Waals surface area contributed by atoms with Crippen LogP contribution in [0.1, 0.15) is 5.56 Å². The molecule has 0 amide bonds. The van der Waals surface area contributed by atoms with Crippen molar-refractivity contribution < 1.29 is 0 Å². The molecule has 0 saturated heterocycles. The fourth-order valence-corrected chi connectivity index (χ4v) is 6.70. The Kier molecular flexibility index (Phi) is 2.93. The van der Waals surface area contributed by atoms with Crippen molar-refractivity contribution in [1.82, 2.24) is 8.80 Å². The Balaban J connectivity index is 1.77. The Morgan fingerprint density at radius 3 is 1.64 bits per heavy atom. The predicted octanol–water partition coefficient (Wildman–Crippen LogP) is 8.41. The summed E-state index contributed by atoms with van der Waals surface area (Å²) in [4.78, 5) is 3.74. The van der Waals surface area contributed by atoms with E-state index < -0.39 is 0 Å². The lowest BCUT2D eigenvalue weighted by atomic mass is 9.97. The summed E-state index contributed by atoms with van der Waals surface area (Å²) in [5, 5.41) is 19.4. The second kappa shape index (κ2) is 5.84. The van der Waals surface area contributed by atoms with E-state index in [1.165, 1.54) is 43.4 Å². The minimum absolute atomic E-state index is 0.646. The van der Waals surface area contributed by atoms with Crippen LogP contribution < -0.4 is 0 Å². The number of benzene rings is 5. The van der Waals surface area contributed by atoms with Gasteiger partial charge in [0.1, 0.15) is 0 Å². The van der Waals surface area contributed by atoms with E-state index in [2.05, 4.69) is 80.4 Å². The molecule has 0 radical (unpaired) electrons. The van der Waals surface area contributed by atoms with Gasteiger partial charge in [-0.2, -0.15) is 5.26 Å². The third-order valence-corrected chi connectivity index (χ3v) is 7.98. The number of hydrogen-bond acceptors (Lipinski definition) is 1. The molecule has 0 aliphatic heterocycles. The highest BCUT2D eigenvalue weighted by Gasteiger charge is 2.28. The van der Waals surface area contributed by atoms with Crippen LogP contribution in [-0.2, 0) is 0 Å². The van der Waals surface area contributed by atoms with E-state index in [0.717, 1.165) is 32.8 Å². The number of fused-ring (bicyclic) bond motifs is 14. The topological polar surface area (TPSA) is 37.0 Å². The average molecular weight is 454 g/mol. The van der Waals surface area contributed by atoms with E-state index >= 15 is 0 Å². The molecule has 5 aromatic carbocycles. The lowest BCUT2D eigenvalue weighted by Gasteiger charge is -2.02. The van der Waals surface area contributed by atoms with Crippen LogP contribution in [-0.4, -0.2) is 8.80 Å². The van der Waals surface area contributed by atoms with E-state index in [0.29, 0.717) is 11.3 Å². The van der Waals surface area contributed by atoms with Gasteiger partial charge >= 0.3 is 0 Å². The van der Waals surface area contributed by atoms with Gasteiger partial charge in [-0.15, -0.1) is 0 Å². The van der Waals surface area contributed by atoms with Crippen LogP contribution in [0.5, 0.6) is 0 Å². The highest BCUT2D eigenvalue weighted by atomic mass is 14.9. The fourth-order valence-electron chi connectivity index (χ4n) is 6.70. The van der Waals surface area contributed by atoms with Gasteiger partial charge in [-0.05, 0) is 30.3 Å². The highest BCUT2D eigenvalue weighted by Crippen LogP contribution is 2.51. The third-order valence-electron chi connectivity index (χ3n) is 7.98. The van der Waals surface area contributed by atoms with Gasteiger partial charge in [-0.25, -0.2) is 4.85 Å². The first-order valence-electron chi connectivity index (χ1n) is 11.9. The first-order valence-corrected chi connectivity index (χ1v) is 11.9. The van der Waals surface area contributed by atoms with Crippen LogP contribution in [0.25, 0.3) is 81.0 Å². The Morgan fingerprint density at radius 2 is 1.08 bits per heavy atom. The molecule has 0 aliphatic carbocycles. The number of aromatic nitrogens is 2. The molecule has 4 heteroatoms. The van der Waals surface area contributed by atoms with Crippen LogP contribution in [0.3, 0.4) is 0 Å². The Morgan fingerprint density at radius 1 is 0.583 bits per heavy atom. The van der Waals surface area contributed by atoms with Gasteiger partial charge in [-0.1, -0.05) is 54.6 Å². The average Bonchev–Trinajstić information content (AvgIpc) is 3.64. The molecule has 162 valence electrons. The quantitative estimate of drug-likeness (QED) is 0.212. The molecule has 0 aliphatic rings. The second-order valence-corrected chi connectivity index (χ2v) is 9.56. The van der Waals surface area contributed by atoms with E-state index in [4.69, 9.17) is 6.57 Å². The zero-order valence-corrected chi connectivity index (χ0v) is 18.9. The molecule has 0 spiro atoms. The van der Waals surface area contributed by atoms with E-state index in [1.54, 1.807) is 0 Å². The molecular weight excluding hydrogens is 440 g/mol. The smallest absolute Gasteiger partial charge is 0.189 e. The Hall–Kier alpha value is -5.32. The molecule has 0 N–H and O–H groups in total. The van der Waals surface area contributed by atoms with E-state index in [9.17, 15) is 5.26 Å². The molecule has 0 bridgehead atoms. The highest BCUT2D eigenvalue weighted by molar-refractivity contribution is 6.45. The van der Waals surface area contributed by atoms with Crippen LogP contribution in [0.15, 0.2) is 84.9 Å². The van der Waals surface area contributed by atoms with Crippen molar-refractivity contribution in [3.63, 3.8) is 0 Å². The molecule has 4 nitrogen and oxygen atoms in total. The fraction of sp³-hybridized carbons (Fsp3) is 0. The van der Waals surface area contributed by atoms with Gasteiger partial charge in [0.15, 0.2) is 5.69 Å². The molecule has 0 unspecified atom stereocenters. The molecule has 0 saturated carbocycles. The largest absolute Gasteiger partial charge is 0.309 e. The molecule has 9 aromatic rings. The summed E-state index contributed by atoms with van der Waals surface area (Å²) in [5.74, 6) is 0. The molecule has 0 fully saturated rings. The minimum atomic E-state index is 0.646. The van der Waals surface area contributed by atoms with Gasteiger partial charge in [-0.3, -0.25) is 0 Å². The summed E-state index contributed by atoms with van der Waals surface area (Å²) in [6.07, 6.45) is 0. The van der Waals surface area contributed by atoms with Gasteiger partial charge in [0.25, 0.3) is 0 Å². The second-order valence-electron chi connectivity index (χ2n) is 9.56. The van der Waals surface area contributed by atoms with E-state index in [-0.39, 0.29) is 0 Å². The van der Waals surface area contributed by atoms with Crippen LogP contribution in [0.2, 0.25) is 0 Å². The van der Waals surface area contributed by atoms with Gasteiger partial charge in [0.2, 0.25) is 0 Å². The molecule has 9 rings (SSSR count). The lowest BCUT2D eigenvalue weighted by Crippen LogP contribution is -1.81. The SMILES string of the molecule is [C-]#[N+]c1ccc2c3c4c5ccccc5n5c6cc(C#N)ccc6c(c6c7ccccc7n(c2c1)c63)c45. The summed E-state index contributed by atoms with van der Waals surface area (Å²) in [6, 6.07) is 31.6. The number of para-hydroxylation sites is 2. The van der Waals surface area contributed by atoms with Crippen LogP contribution in [0, 0.1) is 17.9 Å². The zero-order valence-electron chi connectivity index (χ0n) is 18.9. The van der Waals surface area contributed by atoms with Crippen LogP contribution >= 0.6 is 0 Å². The summed E-state index contributed by atoms with van der Waals surface area (Å²) in [6.45, 7) is 7.63. The van der Waals surface area contributed by atoms with Crippen molar-refractivity contribution in [2.45, 2.75) is 0 Å². The number of nitriles is 1. The van der Waals surface area contributed by atoms with Crippen molar-refractivity contribution in [2.24, 2.45) is 0 Å². The molecule has 4 aromatic heterocycles. The van der Waals surface area contributed by atoms with Crippen molar-refractivity contribution in [1.29, 1.82) is 5.26 Å². The number of hydrogen-bond donors (Lipinski definition) is 0. The first-order chi connectivity index (χ1) is 17.8. The van der Waals surface area contributed by atoms with E-state index in [1.807, 2.05) is 24.3 Å². The maximum absolute atomic E-state index is 9.68. The van der Waals surface area contributed by atoms with Crippen molar-refractivity contribution in [2.75, 3.05) is 0 Å². The molecular formula is C32H14N4. The zero-order chi connectivity index (χ0) is 23.7. The maximum atomic E-state index is 9.68. The lowest BCUT2D eigenvalue weighted by molar-refractivity contribution is 1.36. The van der Waals surface area contributed by atoms with Gasteiger partial charge in [0.05, 0.1) is 45.8 Å². The van der Waals surface area contributed by atoms with Crippen molar-refractivity contribution in [3.8, 4) is 6.07 Å². The first kappa shape index (κ1) is 18.1. The third kappa shape index (κ3) is 1.79. The predicted molar refractivity (Wildman–Crippen MR) is 147 cm³/mol.